The first kappa shape index (κ1) is 24.9. The van der Waals surface area contributed by atoms with Gasteiger partial charge >= 0.3 is 0 Å². The second kappa shape index (κ2) is 9.97. The number of carbonyl (C=O) groups is 1. The lowest BCUT2D eigenvalue weighted by atomic mass is 9.78. The van der Waals surface area contributed by atoms with Crippen LogP contribution < -0.4 is 20.1 Å². The minimum atomic E-state index is -0.219. The maximum atomic E-state index is 13.9. The molecule has 0 bridgehead atoms. The van der Waals surface area contributed by atoms with E-state index in [0.29, 0.717) is 18.8 Å². The molecule has 2 N–H and O–H groups in total. The first-order valence-electron chi connectivity index (χ1n) is 13.1. The van der Waals surface area contributed by atoms with Crippen molar-refractivity contribution >= 4 is 17.2 Å². The molecule has 5 heteroatoms. The smallest absolute Gasteiger partial charge is 0.163 e. The number of anilines is 2. The molecule has 5 rings (SSSR count). The van der Waals surface area contributed by atoms with Gasteiger partial charge in [-0.2, -0.15) is 0 Å². The fourth-order valence-corrected chi connectivity index (χ4v) is 5.37. The molecule has 2 atom stereocenters. The van der Waals surface area contributed by atoms with Crippen molar-refractivity contribution < 1.29 is 14.3 Å². The summed E-state index contributed by atoms with van der Waals surface area (Å²) in [5.74, 6) is 1.64. The molecule has 0 saturated heterocycles. The quantitative estimate of drug-likeness (QED) is 0.386. The molecule has 2 unspecified atom stereocenters. The van der Waals surface area contributed by atoms with Gasteiger partial charge in [0.05, 0.1) is 31.1 Å². The van der Waals surface area contributed by atoms with Crippen LogP contribution in [0.3, 0.4) is 0 Å². The summed E-state index contributed by atoms with van der Waals surface area (Å²) in [4.78, 5) is 13.9. The topological polar surface area (TPSA) is 59.6 Å². The molecule has 0 fully saturated rings. The van der Waals surface area contributed by atoms with Gasteiger partial charge in [-0.15, -0.1) is 0 Å². The van der Waals surface area contributed by atoms with E-state index < -0.39 is 0 Å². The van der Waals surface area contributed by atoms with Gasteiger partial charge in [-0.1, -0.05) is 63.2 Å². The fourth-order valence-electron chi connectivity index (χ4n) is 5.37. The molecule has 3 aromatic carbocycles. The fraction of sp³-hybridized carbons (Fsp3) is 0.344. The van der Waals surface area contributed by atoms with E-state index in [-0.39, 0.29) is 23.2 Å². The number of rotatable bonds is 5. The molecule has 0 saturated carbocycles. The SMILES string of the molecule is CCOc1ccc(C2CC(=O)C3=C(C2)Nc2ccccc2NC3c2ccc(C(C)(C)C)cc2)cc1OC. The van der Waals surface area contributed by atoms with E-state index in [1.807, 2.05) is 31.2 Å². The van der Waals surface area contributed by atoms with Crippen LogP contribution in [-0.2, 0) is 10.2 Å². The lowest BCUT2D eigenvalue weighted by Gasteiger charge is -2.30. The predicted molar refractivity (Wildman–Crippen MR) is 150 cm³/mol. The highest BCUT2D eigenvalue weighted by Gasteiger charge is 2.36. The van der Waals surface area contributed by atoms with Gasteiger partial charge in [-0.3, -0.25) is 4.79 Å². The van der Waals surface area contributed by atoms with E-state index in [4.69, 9.17) is 9.47 Å². The molecule has 1 aliphatic carbocycles. The monoisotopic (exact) mass is 496 g/mol. The van der Waals surface area contributed by atoms with Crippen molar-refractivity contribution in [2.75, 3.05) is 24.4 Å². The molecule has 2 aliphatic rings. The van der Waals surface area contributed by atoms with E-state index in [1.54, 1.807) is 7.11 Å². The molecule has 5 nitrogen and oxygen atoms in total. The van der Waals surface area contributed by atoms with Crippen LogP contribution in [-0.4, -0.2) is 19.5 Å². The Bertz CT molecular complexity index is 1330. The van der Waals surface area contributed by atoms with E-state index in [1.165, 1.54) is 5.56 Å². The maximum absolute atomic E-state index is 13.9. The normalized spacial score (nSPS) is 19.2. The molecular formula is C32H36N2O3. The van der Waals surface area contributed by atoms with Gasteiger partial charge in [0.15, 0.2) is 17.3 Å². The second-order valence-electron chi connectivity index (χ2n) is 10.9. The van der Waals surface area contributed by atoms with Gasteiger partial charge in [-0.05, 0) is 65.6 Å². The number of ether oxygens (including phenoxy) is 2. The maximum Gasteiger partial charge on any atom is 0.163 e. The van der Waals surface area contributed by atoms with Crippen LogP contribution >= 0.6 is 0 Å². The first-order valence-corrected chi connectivity index (χ1v) is 13.1. The Labute approximate surface area is 219 Å². The molecule has 37 heavy (non-hydrogen) atoms. The number of carbonyl (C=O) groups excluding carboxylic acids is 1. The van der Waals surface area contributed by atoms with E-state index in [9.17, 15) is 4.79 Å². The number of hydrogen-bond acceptors (Lipinski definition) is 5. The number of hydrogen-bond donors (Lipinski definition) is 2. The minimum absolute atomic E-state index is 0.0532. The molecule has 1 heterocycles. The summed E-state index contributed by atoms with van der Waals surface area (Å²) in [5, 5.41) is 7.31. The van der Waals surface area contributed by atoms with Crippen molar-refractivity contribution in [3.8, 4) is 11.5 Å². The molecular weight excluding hydrogens is 460 g/mol. The van der Waals surface area contributed by atoms with Crippen LogP contribution in [0.5, 0.6) is 11.5 Å². The molecule has 0 aromatic heterocycles. The van der Waals surface area contributed by atoms with E-state index in [2.05, 4.69) is 73.9 Å². The Morgan fingerprint density at radius 1 is 0.892 bits per heavy atom. The van der Waals surface area contributed by atoms with Crippen LogP contribution in [0.1, 0.15) is 69.2 Å². The van der Waals surface area contributed by atoms with Crippen LogP contribution in [0.4, 0.5) is 11.4 Å². The molecule has 0 radical (unpaired) electrons. The number of methoxy groups -OCH3 is 1. The van der Waals surface area contributed by atoms with Crippen molar-refractivity contribution in [3.63, 3.8) is 0 Å². The Morgan fingerprint density at radius 3 is 2.27 bits per heavy atom. The Morgan fingerprint density at radius 2 is 1.59 bits per heavy atom. The van der Waals surface area contributed by atoms with Crippen molar-refractivity contribution in [3.05, 3.63) is 94.7 Å². The number of allylic oxidation sites excluding steroid dienone is 1. The number of nitrogens with one attached hydrogen (secondary N) is 2. The van der Waals surface area contributed by atoms with Crippen molar-refractivity contribution in [1.29, 1.82) is 0 Å². The highest BCUT2D eigenvalue weighted by molar-refractivity contribution is 6.01. The van der Waals surface area contributed by atoms with Crippen LogP contribution in [0, 0.1) is 0 Å². The molecule has 192 valence electrons. The van der Waals surface area contributed by atoms with Gasteiger partial charge in [-0.25, -0.2) is 0 Å². The average molecular weight is 497 g/mol. The largest absolute Gasteiger partial charge is 0.493 e. The zero-order chi connectivity index (χ0) is 26.2. The lowest BCUT2D eigenvalue weighted by molar-refractivity contribution is -0.116. The Hall–Kier alpha value is -3.73. The zero-order valence-electron chi connectivity index (χ0n) is 22.4. The molecule has 1 aliphatic heterocycles. The standard InChI is InChI=1S/C32H36N2O3/c1-6-37-28-16-13-21(19-29(28)36-5)22-17-26-30(27(35)18-22)31(34-25-10-8-7-9-24(25)33-26)20-11-14-23(15-12-20)32(2,3)4/h7-16,19,22,31,33-34H,6,17-18H2,1-5H3. The molecule has 0 spiro atoms. The number of benzene rings is 3. The minimum Gasteiger partial charge on any atom is -0.493 e. The predicted octanol–water partition coefficient (Wildman–Crippen LogP) is 7.37. The third-order valence-electron chi connectivity index (χ3n) is 7.38. The first-order chi connectivity index (χ1) is 17.8. The summed E-state index contributed by atoms with van der Waals surface area (Å²) in [6.45, 7) is 9.17. The number of ketones is 1. The van der Waals surface area contributed by atoms with Crippen molar-refractivity contribution in [2.45, 2.75) is 57.9 Å². The number of fused-ring (bicyclic) bond motifs is 1. The third-order valence-corrected chi connectivity index (χ3v) is 7.38. The molecule has 0 amide bonds. The molecule has 3 aromatic rings. The van der Waals surface area contributed by atoms with Gasteiger partial charge in [0.1, 0.15) is 0 Å². The van der Waals surface area contributed by atoms with Crippen molar-refractivity contribution in [1.82, 2.24) is 0 Å². The number of para-hydroxylation sites is 2. The number of Topliss-reactive ketones (excluding diaryl/α,β-unsaturated/α-hetero) is 1. The highest BCUT2D eigenvalue weighted by atomic mass is 16.5. The summed E-state index contributed by atoms with van der Waals surface area (Å²) in [6.07, 6.45) is 1.19. The Kier molecular flexibility index (Phi) is 6.72. The van der Waals surface area contributed by atoms with Crippen LogP contribution in [0.25, 0.3) is 0 Å². The van der Waals surface area contributed by atoms with Crippen LogP contribution in [0.2, 0.25) is 0 Å². The van der Waals surface area contributed by atoms with Gasteiger partial charge in [0, 0.05) is 17.7 Å². The van der Waals surface area contributed by atoms with Gasteiger partial charge < -0.3 is 20.1 Å². The summed E-state index contributed by atoms with van der Waals surface area (Å²) in [6, 6.07) is 22.7. The van der Waals surface area contributed by atoms with E-state index >= 15 is 0 Å². The summed E-state index contributed by atoms with van der Waals surface area (Å²) >= 11 is 0. The van der Waals surface area contributed by atoms with Crippen molar-refractivity contribution in [2.24, 2.45) is 0 Å². The average Bonchev–Trinajstić information content (AvgIpc) is 3.05. The van der Waals surface area contributed by atoms with E-state index in [0.717, 1.165) is 45.9 Å². The summed E-state index contributed by atoms with van der Waals surface area (Å²) < 4.78 is 11.3. The second-order valence-corrected chi connectivity index (χ2v) is 10.9. The summed E-state index contributed by atoms with van der Waals surface area (Å²) in [7, 11) is 1.65. The van der Waals surface area contributed by atoms with Crippen LogP contribution in [0.15, 0.2) is 78.0 Å². The van der Waals surface area contributed by atoms with Gasteiger partial charge in [0.25, 0.3) is 0 Å². The third kappa shape index (κ3) is 4.95. The summed E-state index contributed by atoms with van der Waals surface area (Å²) in [5.41, 5.74) is 7.31. The van der Waals surface area contributed by atoms with Gasteiger partial charge in [0.2, 0.25) is 0 Å². The lowest BCUT2D eigenvalue weighted by Crippen LogP contribution is -2.27. The zero-order valence-corrected chi connectivity index (χ0v) is 22.4. The highest BCUT2D eigenvalue weighted by Crippen LogP contribution is 2.45. The Balaban J connectivity index is 1.54.